The van der Waals surface area contributed by atoms with Crippen LogP contribution in [0.5, 0.6) is 0 Å². The minimum Gasteiger partial charge on any atom is -0.396 e. The zero-order chi connectivity index (χ0) is 11.1. The summed E-state index contributed by atoms with van der Waals surface area (Å²) >= 11 is 0. The van der Waals surface area contributed by atoms with Gasteiger partial charge in [-0.25, -0.2) is 0 Å². The fourth-order valence-electron chi connectivity index (χ4n) is 0.0500. The summed E-state index contributed by atoms with van der Waals surface area (Å²) in [6.07, 6.45) is 0.938. The van der Waals surface area contributed by atoms with Crippen LogP contribution < -0.4 is 0 Å². The normalized spacial score (nSPS) is 11.6. The number of aliphatic hydroxyl groups excluding tert-OH is 2. The van der Waals surface area contributed by atoms with E-state index in [-0.39, 0.29) is 24.0 Å². The van der Waals surface area contributed by atoms with E-state index in [4.69, 9.17) is 10.2 Å². The van der Waals surface area contributed by atoms with Crippen LogP contribution >= 0.6 is 0 Å². The van der Waals surface area contributed by atoms with Crippen molar-refractivity contribution in [1.82, 2.24) is 0 Å². The summed E-state index contributed by atoms with van der Waals surface area (Å²) < 4.78 is 0. The molecule has 0 aliphatic carbocycles. The second kappa shape index (κ2) is 6.11. The number of hydrogen-bond acceptors (Lipinski definition) is 3. The van der Waals surface area contributed by atoms with Gasteiger partial charge < -0.3 is 15.0 Å². The van der Waals surface area contributed by atoms with Crippen molar-refractivity contribution < 1.29 is 15.0 Å². The molecule has 0 fully saturated rings. The van der Waals surface area contributed by atoms with Crippen LogP contribution in [0, 0.1) is 10.8 Å². The molecule has 2 N–H and O–H groups in total. The van der Waals surface area contributed by atoms with Crippen molar-refractivity contribution in [2.45, 2.75) is 34.6 Å². The van der Waals surface area contributed by atoms with Crippen LogP contribution in [0.25, 0.3) is 0 Å². The molecular weight excluding hydrogens is 168 g/mol. The lowest BCUT2D eigenvalue weighted by Gasteiger charge is -2.16. The van der Waals surface area contributed by atoms with E-state index in [1.165, 1.54) is 0 Å². The van der Waals surface area contributed by atoms with Gasteiger partial charge in [0, 0.05) is 10.8 Å². The smallest absolute Gasteiger partial charge is 0.125 e. The molecule has 0 saturated heterocycles. The van der Waals surface area contributed by atoms with E-state index < -0.39 is 0 Å². The van der Waals surface area contributed by atoms with E-state index in [0.29, 0.717) is 0 Å². The lowest BCUT2D eigenvalue weighted by atomic mass is 9.97. The van der Waals surface area contributed by atoms with Crippen molar-refractivity contribution in [3.05, 3.63) is 0 Å². The summed E-state index contributed by atoms with van der Waals surface area (Å²) in [5.41, 5.74) is -0.444. The van der Waals surface area contributed by atoms with E-state index in [1.54, 1.807) is 13.8 Å². The van der Waals surface area contributed by atoms with Crippen LogP contribution in [-0.4, -0.2) is 29.7 Å². The summed E-state index contributed by atoms with van der Waals surface area (Å²) in [6, 6.07) is 0. The van der Waals surface area contributed by atoms with Gasteiger partial charge in [0.25, 0.3) is 0 Å². The third-order valence-electron chi connectivity index (χ3n) is 1.21. The molecule has 0 aliphatic rings. The first kappa shape index (κ1) is 15.1. The molecule has 13 heavy (non-hydrogen) atoms. The monoisotopic (exact) mass is 190 g/mol. The molecule has 0 aromatic carbocycles. The van der Waals surface area contributed by atoms with Crippen LogP contribution in [0.1, 0.15) is 34.6 Å². The first-order chi connectivity index (χ1) is 5.68. The number of aldehydes is 1. The van der Waals surface area contributed by atoms with Gasteiger partial charge in [-0.2, -0.15) is 0 Å². The highest BCUT2D eigenvalue weighted by Gasteiger charge is 2.13. The predicted octanol–water partition coefficient (Wildman–Crippen LogP) is 1.23. The quantitative estimate of drug-likeness (QED) is 0.644. The Morgan fingerprint density at radius 1 is 1.00 bits per heavy atom. The second-order valence-electron chi connectivity index (χ2n) is 4.96. The first-order valence-electron chi connectivity index (χ1n) is 4.36. The Labute approximate surface area is 80.8 Å². The van der Waals surface area contributed by atoms with Gasteiger partial charge in [0.2, 0.25) is 0 Å². The van der Waals surface area contributed by atoms with Gasteiger partial charge in [-0.15, -0.1) is 0 Å². The third-order valence-corrected chi connectivity index (χ3v) is 1.21. The fourth-order valence-corrected chi connectivity index (χ4v) is 0.0500. The van der Waals surface area contributed by atoms with Crippen molar-refractivity contribution in [2.75, 3.05) is 13.2 Å². The van der Waals surface area contributed by atoms with Gasteiger partial charge >= 0.3 is 0 Å². The molecule has 0 radical (unpaired) electrons. The largest absolute Gasteiger partial charge is 0.396 e. The summed E-state index contributed by atoms with van der Waals surface area (Å²) in [5.74, 6) is 0. The molecule has 0 bridgehead atoms. The van der Waals surface area contributed by atoms with E-state index in [1.807, 2.05) is 20.8 Å². The average Bonchev–Trinajstić information content (AvgIpc) is 2.04. The van der Waals surface area contributed by atoms with Crippen LogP contribution in [0.15, 0.2) is 0 Å². The number of rotatable bonds is 2. The molecule has 0 atom stereocenters. The molecule has 0 unspecified atom stereocenters. The number of carbonyl (C=O) groups excluding carboxylic acids is 1. The number of aliphatic hydroxyl groups is 2. The van der Waals surface area contributed by atoms with Gasteiger partial charge in [-0.1, -0.05) is 34.6 Å². The zero-order valence-electron chi connectivity index (χ0n) is 9.29. The third kappa shape index (κ3) is 14.4. The van der Waals surface area contributed by atoms with Crippen molar-refractivity contribution in [3.8, 4) is 0 Å². The maximum absolute atomic E-state index is 9.83. The predicted molar refractivity (Wildman–Crippen MR) is 53.5 cm³/mol. The Bertz CT molecular complexity index is 128. The minimum atomic E-state index is -0.306. The highest BCUT2D eigenvalue weighted by Crippen LogP contribution is 2.10. The van der Waals surface area contributed by atoms with Crippen LogP contribution in [-0.2, 0) is 4.79 Å². The Balaban J connectivity index is 0. The zero-order valence-corrected chi connectivity index (χ0v) is 9.29. The van der Waals surface area contributed by atoms with E-state index in [2.05, 4.69) is 0 Å². The molecular formula is C10H22O3. The SMILES string of the molecule is CC(C)(C)C=O.CC(C)(CO)CO. The van der Waals surface area contributed by atoms with Crippen LogP contribution in [0.3, 0.4) is 0 Å². The molecule has 0 spiro atoms. The Morgan fingerprint density at radius 3 is 1.23 bits per heavy atom. The Kier molecular flexibility index (Phi) is 7.08. The van der Waals surface area contributed by atoms with E-state index >= 15 is 0 Å². The maximum atomic E-state index is 9.83. The van der Waals surface area contributed by atoms with Gasteiger partial charge in [-0.05, 0) is 0 Å². The van der Waals surface area contributed by atoms with Crippen LogP contribution in [0.4, 0.5) is 0 Å². The molecule has 3 heteroatoms. The summed E-state index contributed by atoms with van der Waals surface area (Å²) in [7, 11) is 0. The van der Waals surface area contributed by atoms with Gasteiger partial charge in [-0.3, -0.25) is 0 Å². The summed E-state index contributed by atoms with van der Waals surface area (Å²) in [4.78, 5) is 9.83. The molecule has 3 nitrogen and oxygen atoms in total. The minimum absolute atomic E-state index is 0.0451. The van der Waals surface area contributed by atoms with E-state index in [0.717, 1.165) is 6.29 Å². The van der Waals surface area contributed by atoms with Gasteiger partial charge in [0.1, 0.15) is 6.29 Å². The Morgan fingerprint density at radius 2 is 1.23 bits per heavy atom. The molecule has 0 aromatic rings. The molecule has 0 rings (SSSR count). The van der Waals surface area contributed by atoms with E-state index in [9.17, 15) is 4.79 Å². The highest BCUT2D eigenvalue weighted by molar-refractivity contribution is 5.56. The summed E-state index contributed by atoms with van der Waals surface area (Å²) in [6.45, 7) is 9.31. The van der Waals surface area contributed by atoms with Crippen molar-refractivity contribution in [3.63, 3.8) is 0 Å². The molecule has 0 heterocycles. The lowest BCUT2D eigenvalue weighted by molar-refractivity contribution is -0.113. The number of hydrogen-bond donors (Lipinski definition) is 2. The topological polar surface area (TPSA) is 57.5 Å². The maximum Gasteiger partial charge on any atom is 0.125 e. The average molecular weight is 190 g/mol. The van der Waals surface area contributed by atoms with Crippen molar-refractivity contribution in [2.24, 2.45) is 10.8 Å². The van der Waals surface area contributed by atoms with Crippen molar-refractivity contribution in [1.29, 1.82) is 0 Å². The highest BCUT2D eigenvalue weighted by atomic mass is 16.3. The summed E-state index contributed by atoms with van der Waals surface area (Å²) in [5, 5.41) is 16.9. The fraction of sp³-hybridized carbons (Fsp3) is 0.900. The lowest BCUT2D eigenvalue weighted by Crippen LogP contribution is -2.20. The second-order valence-corrected chi connectivity index (χ2v) is 4.96. The molecule has 0 amide bonds. The molecule has 0 aromatic heterocycles. The first-order valence-corrected chi connectivity index (χ1v) is 4.36. The van der Waals surface area contributed by atoms with Gasteiger partial charge in [0.15, 0.2) is 0 Å². The standard InChI is InChI=1S/C5H12O2.C5H10O/c1-5(2,3-6)4-7;1-5(2,3)4-6/h6-7H,3-4H2,1-2H3;4H,1-3H3. The molecule has 0 saturated carbocycles. The number of carbonyl (C=O) groups is 1. The molecule has 0 aliphatic heterocycles. The van der Waals surface area contributed by atoms with Gasteiger partial charge in [0.05, 0.1) is 13.2 Å². The Hall–Kier alpha value is -0.410. The molecule has 80 valence electrons. The van der Waals surface area contributed by atoms with Crippen LogP contribution in [0.2, 0.25) is 0 Å². The van der Waals surface area contributed by atoms with Crippen molar-refractivity contribution >= 4 is 6.29 Å².